The van der Waals surface area contributed by atoms with Gasteiger partial charge in [0, 0.05) is 18.8 Å². The third-order valence-electron chi connectivity index (χ3n) is 3.98. The fourth-order valence-electron chi connectivity index (χ4n) is 2.43. The molecule has 0 atom stereocenters. The third-order valence-corrected chi connectivity index (χ3v) is 3.98. The van der Waals surface area contributed by atoms with Gasteiger partial charge in [-0.25, -0.2) is 9.97 Å². The van der Waals surface area contributed by atoms with E-state index in [0.29, 0.717) is 18.0 Å². The minimum atomic E-state index is -0.434. The summed E-state index contributed by atoms with van der Waals surface area (Å²) in [6, 6.07) is 8.70. The van der Waals surface area contributed by atoms with Crippen molar-refractivity contribution >= 4 is 11.8 Å². The van der Waals surface area contributed by atoms with E-state index in [1.807, 2.05) is 31.2 Å². The number of hydrogen-bond donors (Lipinski definition) is 2. The molecule has 0 saturated heterocycles. The van der Waals surface area contributed by atoms with Crippen LogP contribution >= 0.6 is 0 Å². The molecule has 0 unspecified atom stereocenters. The first-order valence-electron chi connectivity index (χ1n) is 8.84. The van der Waals surface area contributed by atoms with Crippen LogP contribution in [0.4, 0.5) is 0 Å². The monoisotopic (exact) mass is 392 g/mol. The quantitative estimate of drug-likeness (QED) is 0.624. The second-order valence-corrected chi connectivity index (χ2v) is 6.15. The van der Waals surface area contributed by atoms with Crippen molar-refractivity contribution in [2.75, 3.05) is 7.11 Å². The molecule has 3 rings (SSSR count). The number of rotatable bonds is 7. The fraction of sp³-hybridized carbons (Fsp3) is 0.200. The van der Waals surface area contributed by atoms with E-state index in [9.17, 15) is 9.59 Å². The van der Waals surface area contributed by atoms with Crippen molar-refractivity contribution in [2.24, 2.45) is 0 Å². The van der Waals surface area contributed by atoms with Crippen molar-refractivity contribution in [2.45, 2.75) is 20.0 Å². The molecule has 0 radical (unpaired) electrons. The number of carbonyl (C=O) groups excluding carboxylic acids is 2. The largest absolute Gasteiger partial charge is 0.497 e. The summed E-state index contributed by atoms with van der Waals surface area (Å²) in [5.74, 6) is -0.138. The Hall–Kier alpha value is -3.88. The fourth-order valence-corrected chi connectivity index (χ4v) is 2.43. The Kier molecular flexibility index (Phi) is 6.41. The van der Waals surface area contributed by atoms with Gasteiger partial charge in [0.05, 0.1) is 31.2 Å². The number of aromatic nitrogens is 4. The number of hydrogen-bond acceptors (Lipinski definition) is 7. The Morgan fingerprint density at radius 2 is 1.66 bits per heavy atom. The van der Waals surface area contributed by atoms with E-state index >= 15 is 0 Å². The molecule has 1 aromatic carbocycles. The summed E-state index contributed by atoms with van der Waals surface area (Å²) in [6.07, 6.45) is 4.39. The molecule has 0 aliphatic rings. The Balaban J connectivity index is 1.59. The van der Waals surface area contributed by atoms with E-state index in [2.05, 4.69) is 30.6 Å². The van der Waals surface area contributed by atoms with Gasteiger partial charge in [-0.2, -0.15) is 0 Å². The Bertz CT molecular complexity index is 1010. The molecule has 148 valence electrons. The minimum absolute atomic E-state index is 0.0894. The average Bonchev–Trinajstić information content (AvgIpc) is 2.77. The first-order valence-corrected chi connectivity index (χ1v) is 8.84. The molecule has 9 heteroatoms. The number of nitrogens with one attached hydrogen (secondary N) is 2. The van der Waals surface area contributed by atoms with Crippen LogP contribution in [0, 0.1) is 6.92 Å². The average molecular weight is 392 g/mol. The van der Waals surface area contributed by atoms with Gasteiger partial charge in [-0.05, 0) is 24.6 Å². The molecule has 29 heavy (non-hydrogen) atoms. The lowest BCUT2D eigenvalue weighted by molar-refractivity contribution is 0.0944. The van der Waals surface area contributed by atoms with Gasteiger partial charge in [0.15, 0.2) is 0 Å². The highest BCUT2D eigenvalue weighted by molar-refractivity contribution is 5.97. The number of benzene rings is 1. The zero-order chi connectivity index (χ0) is 20.6. The summed E-state index contributed by atoms with van der Waals surface area (Å²) in [5.41, 5.74) is 2.48. The zero-order valence-electron chi connectivity index (χ0n) is 16.0. The number of ether oxygens (including phenoxy) is 1. The van der Waals surface area contributed by atoms with Crippen LogP contribution < -0.4 is 15.4 Å². The molecule has 0 spiro atoms. The molecule has 0 fully saturated rings. The Morgan fingerprint density at radius 1 is 0.931 bits per heavy atom. The van der Waals surface area contributed by atoms with Crippen molar-refractivity contribution in [3.8, 4) is 5.75 Å². The lowest BCUT2D eigenvalue weighted by Gasteiger charge is -2.08. The summed E-state index contributed by atoms with van der Waals surface area (Å²) < 4.78 is 5.16. The Labute approximate surface area is 167 Å². The van der Waals surface area contributed by atoms with Crippen molar-refractivity contribution in [1.82, 2.24) is 30.6 Å². The molecule has 2 heterocycles. The van der Waals surface area contributed by atoms with Gasteiger partial charge in [0.2, 0.25) is 0 Å². The maximum absolute atomic E-state index is 12.4. The third kappa shape index (κ3) is 5.55. The van der Waals surface area contributed by atoms with E-state index < -0.39 is 11.8 Å². The predicted molar refractivity (Wildman–Crippen MR) is 104 cm³/mol. The van der Waals surface area contributed by atoms with Crippen molar-refractivity contribution in [3.63, 3.8) is 0 Å². The van der Waals surface area contributed by atoms with Crippen LogP contribution in [0.2, 0.25) is 0 Å². The first-order chi connectivity index (χ1) is 14.0. The van der Waals surface area contributed by atoms with Crippen LogP contribution in [-0.4, -0.2) is 38.9 Å². The highest BCUT2D eigenvalue weighted by Gasteiger charge is 2.13. The highest BCUT2D eigenvalue weighted by atomic mass is 16.5. The molecule has 3 aromatic rings. The summed E-state index contributed by atoms with van der Waals surface area (Å²) >= 11 is 0. The topological polar surface area (TPSA) is 119 Å². The van der Waals surface area contributed by atoms with Crippen molar-refractivity contribution < 1.29 is 14.3 Å². The molecular weight excluding hydrogens is 372 g/mol. The first kappa shape index (κ1) is 19.9. The molecule has 0 saturated carbocycles. The van der Waals surface area contributed by atoms with Gasteiger partial charge in [0.25, 0.3) is 11.8 Å². The van der Waals surface area contributed by atoms with Gasteiger partial charge in [-0.1, -0.05) is 12.1 Å². The van der Waals surface area contributed by atoms with Crippen molar-refractivity contribution in [3.05, 3.63) is 77.4 Å². The van der Waals surface area contributed by atoms with E-state index in [1.54, 1.807) is 19.5 Å². The highest BCUT2D eigenvalue weighted by Crippen LogP contribution is 2.12. The van der Waals surface area contributed by atoms with Gasteiger partial charge in [0.1, 0.15) is 23.5 Å². The van der Waals surface area contributed by atoms with Gasteiger partial charge in [-0.15, -0.1) is 0 Å². The van der Waals surface area contributed by atoms with Crippen LogP contribution in [0.15, 0.2) is 49.1 Å². The minimum Gasteiger partial charge on any atom is -0.497 e. The summed E-state index contributed by atoms with van der Waals surface area (Å²) in [7, 11) is 1.58. The number of methoxy groups -OCH3 is 1. The van der Waals surface area contributed by atoms with Gasteiger partial charge >= 0.3 is 0 Å². The number of nitrogens with zero attached hydrogens (tertiary/aromatic N) is 4. The Morgan fingerprint density at radius 3 is 2.31 bits per heavy atom. The standard InChI is InChI=1S/C20H20N6O3/c1-13-8-22-15(10-21-13)11-24-20(28)18-7-17(25-12-26-18)19(27)23-9-14-4-3-5-16(6-14)29-2/h3-8,10,12H,9,11H2,1-2H3,(H,23,27)(H,24,28). The number of amides is 2. The van der Waals surface area contributed by atoms with Crippen molar-refractivity contribution in [1.29, 1.82) is 0 Å². The van der Waals surface area contributed by atoms with E-state index in [1.165, 1.54) is 12.4 Å². The van der Waals surface area contributed by atoms with Crippen LogP contribution in [-0.2, 0) is 13.1 Å². The smallest absolute Gasteiger partial charge is 0.270 e. The summed E-state index contributed by atoms with van der Waals surface area (Å²) in [6.45, 7) is 2.33. The van der Waals surface area contributed by atoms with E-state index in [-0.39, 0.29) is 17.9 Å². The zero-order valence-corrected chi connectivity index (χ0v) is 16.0. The molecule has 2 aromatic heterocycles. The normalized spacial score (nSPS) is 10.3. The second-order valence-electron chi connectivity index (χ2n) is 6.15. The molecule has 2 N–H and O–H groups in total. The van der Waals surface area contributed by atoms with Crippen LogP contribution in [0.5, 0.6) is 5.75 Å². The molecule has 9 nitrogen and oxygen atoms in total. The SMILES string of the molecule is COc1cccc(CNC(=O)c2cc(C(=O)NCc3cnc(C)cn3)ncn2)c1. The molecule has 0 bridgehead atoms. The van der Waals surface area contributed by atoms with Gasteiger partial charge < -0.3 is 15.4 Å². The summed E-state index contributed by atoms with van der Waals surface area (Å²) in [4.78, 5) is 40.9. The van der Waals surface area contributed by atoms with E-state index in [4.69, 9.17) is 4.74 Å². The molecule has 2 amide bonds. The number of carbonyl (C=O) groups is 2. The molecule has 0 aliphatic heterocycles. The second kappa shape index (κ2) is 9.36. The maximum Gasteiger partial charge on any atom is 0.270 e. The molecule has 0 aliphatic carbocycles. The maximum atomic E-state index is 12.4. The lowest BCUT2D eigenvalue weighted by atomic mass is 10.2. The van der Waals surface area contributed by atoms with Crippen LogP contribution in [0.1, 0.15) is 37.9 Å². The van der Waals surface area contributed by atoms with Crippen LogP contribution in [0.25, 0.3) is 0 Å². The summed E-state index contributed by atoms with van der Waals surface area (Å²) in [5, 5.41) is 5.46. The predicted octanol–water partition coefficient (Wildman–Crippen LogP) is 1.44. The van der Waals surface area contributed by atoms with Gasteiger partial charge in [-0.3, -0.25) is 19.6 Å². The van der Waals surface area contributed by atoms with E-state index in [0.717, 1.165) is 11.3 Å². The number of aryl methyl sites for hydroxylation is 1. The lowest BCUT2D eigenvalue weighted by Crippen LogP contribution is -2.27. The molecular formula is C20H20N6O3. The van der Waals surface area contributed by atoms with Crippen LogP contribution in [0.3, 0.4) is 0 Å².